The highest BCUT2D eigenvalue weighted by Crippen LogP contribution is 2.50. The standard InChI is InChI=1S/C17H23NO5S/c1-11-12(2)15(7-6-14(11)23-3)24(21,22)18-9-13-5-4-8-17(13,10-18)16(19)20/h6-7,13H,4-5,8-10H2,1-3H3,(H,19,20)/t13-,17+/m0/s1. The van der Waals surface area contributed by atoms with Crippen LogP contribution in [0.4, 0.5) is 0 Å². The van der Waals surface area contributed by atoms with Gasteiger partial charge in [0.05, 0.1) is 17.4 Å². The van der Waals surface area contributed by atoms with Crippen LogP contribution in [-0.4, -0.2) is 44.0 Å². The summed E-state index contributed by atoms with van der Waals surface area (Å²) >= 11 is 0. The van der Waals surface area contributed by atoms with E-state index >= 15 is 0 Å². The Balaban J connectivity index is 1.99. The van der Waals surface area contributed by atoms with E-state index in [0.717, 1.165) is 18.4 Å². The predicted molar refractivity (Wildman–Crippen MR) is 88.6 cm³/mol. The number of rotatable bonds is 4. The number of aliphatic carboxylic acids is 1. The first-order valence-electron chi connectivity index (χ1n) is 8.12. The molecule has 132 valence electrons. The van der Waals surface area contributed by atoms with Crippen molar-refractivity contribution in [1.82, 2.24) is 4.31 Å². The maximum absolute atomic E-state index is 13.1. The predicted octanol–water partition coefficient (Wildman–Crippen LogP) is 2.19. The van der Waals surface area contributed by atoms with Crippen molar-refractivity contribution in [3.05, 3.63) is 23.3 Å². The molecule has 1 saturated heterocycles. The molecule has 1 aromatic rings. The molecule has 0 bridgehead atoms. The molecular weight excluding hydrogens is 330 g/mol. The monoisotopic (exact) mass is 353 g/mol. The van der Waals surface area contributed by atoms with Crippen LogP contribution >= 0.6 is 0 Å². The molecule has 1 heterocycles. The molecule has 2 atom stereocenters. The fraction of sp³-hybridized carbons (Fsp3) is 0.588. The number of sulfonamides is 1. The van der Waals surface area contributed by atoms with Crippen molar-refractivity contribution in [2.75, 3.05) is 20.2 Å². The van der Waals surface area contributed by atoms with Crippen LogP contribution in [0.5, 0.6) is 5.75 Å². The minimum Gasteiger partial charge on any atom is -0.496 e. The van der Waals surface area contributed by atoms with Gasteiger partial charge in [0.2, 0.25) is 10.0 Å². The summed E-state index contributed by atoms with van der Waals surface area (Å²) in [6.07, 6.45) is 2.18. The second kappa shape index (κ2) is 5.74. The molecule has 24 heavy (non-hydrogen) atoms. The number of hydrogen-bond acceptors (Lipinski definition) is 4. The summed E-state index contributed by atoms with van der Waals surface area (Å²) in [5.41, 5.74) is 0.518. The van der Waals surface area contributed by atoms with Crippen LogP contribution in [0.15, 0.2) is 17.0 Å². The number of benzene rings is 1. The lowest BCUT2D eigenvalue weighted by atomic mass is 9.81. The van der Waals surface area contributed by atoms with E-state index in [0.29, 0.717) is 24.3 Å². The summed E-state index contributed by atoms with van der Waals surface area (Å²) in [6.45, 7) is 3.94. The molecule has 0 aromatic heterocycles. The number of hydrogen-bond donors (Lipinski definition) is 1. The highest BCUT2D eigenvalue weighted by Gasteiger charge is 2.57. The van der Waals surface area contributed by atoms with Gasteiger partial charge in [-0.15, -0.1) is 0 Å². The normalized spacial score (nSPS) is 27.2. The second-order valence-corrected chi connectivity index (χ2v) is 8.77. The van der Waals surface area contributed by atoms with Gasteiger partial charge in [-0.1, -0.05) is 6.42 Å². The third-order valence-corrected chi connectivity index (χ3v) is 7.75. The average molecular weight is 353 g/mol. The second-order valence-electron chi connectivity index (χ2n) is 6.86. The maximum Gasteiger partial charge on any atom is 0.311 e. The lowest BCUT2D eigenvalue weighted by molar-refractivity contribution is -0.149. The number of carboxylic acid groups (broad SMARTS) is 1. The van der Waals surface area contributed by atoms with Crippen LogP contribution in [0.1, 0.15) is 30.4 Å². The van der Waals surface area contributed by atoms with Crippen LogP contribution < -0.4 is 4.74 Å². The molecule has 1 saturated carbocycles. The van der Waals surface area contributed by atoms with E-state index in [1.54, 1.807) is 26.2 Å². The molecule has 1 aliphatic carbocycles. The highest BCUT2D eigenvalue weighted by molar-refractivity contribution is 7.89. The number of ether oxygens (including phenoxy) is 1. The van der Waals surface area contributed by atoms with E-state index in [9.17, 15) is 18.3 Å². The first-order valence-corrected chi connectivity index (χ1v) is 9.56. The Bertz CT molecular complexity index is 788. The smallest absolute Gasteiger partial charge is 0.311 e. The lowest BCUT2D eigenvalue weighted by Crippen LogP contribution is -2.37. The summed E-state index contributed by atoms with van der Waals surface area (Å²) in [7, 11) is -2.17. The van der Waals surface area contributed by atoms with E-state index in [2.05, 4.69) is 0 Å². The minimum atomic E-state index is -3.72. The largest absolute Gasteiger partial charge is 0.496 e. The molecule has 1 aromatic carbocycles. The molecule has 2 fully saturated rings. The Kier molecular flexibility index (Phi) is 4.12. The molecule has 6 nitrogen and oxygen atoms in total. The fourth-order valence-electron chi connectivity index (χ4n) is 4.19. The molecule has 1 N–H and O–H groups in total. The van der Waals surface area contributed by atoms with Crippen molar-refractivity contribution in [1.29, 1.82) is 0 Å². The molecule has 0 spiro atoms. The first-order chi connectivity index (χ1) is 11.2. The summed E-state index contributed by atoms with van der Waals surface area (Å²) in [6, 6.07) is 3.21. The van der Waals surface area contributed by atoms with E-state index in [1.807, 2.05) is 6.92 Å². The van der Waals surface area contributed by atoms with Gasteiger partial charge in [0.25, 0.3) is 0 Å². The molecule has 3 rings (SSSR count). The van der Waals surface area contributed by atoms with Gasteiger partial charge in [-0.25, -0.2) is 8.42 Å². The third-order valence-electron chi connectivity index (χ3n) is 5.79. The van der Waals surface area contributed by atoms with Crippen molar-refractivity contribution in [3.8, 4) is 5.75 Å². The first kappa shape index (κ1) is 17.2. The van der Waals surface area contributed by atoms with Crippen LogP contribution in [0, 0.1) is 25.2 Å². The van der Waals surface area contributed by atoms with Crippen molar-refractivity contribution < 1.29 is 23.1 Å². The van der Waals surface area contributed by atoms with E-state index in [-0.39, 0.29) is 17.4 Å². The Labute approximate surface area is 142 Å². The van der Waals surface area contributed by atoms with Gasteiger partial charge in [0.1, 0.15) is 5.75 Å². The molecule has 0 unspecified atom stereocenters. The summed E-state index contributed by atoms with van der Waals surface area (Å²) < 4.78 is 32.8. The van der Waals surface area contributed by atoms with E-state index in [4.69, 9.17) is 4.74 Å². The number of carboxylic acids is 1. The summed E-state index contributed by atoms with van der Waals surface area (Å²) in [4.78, 5) is 12.0. The number of nitrogens with zero attached hydrogens (tertiary/aromatic N) is 1. The van der Waals surface area contributed by atoms with Crippen LogP contribution in [0.2, 0.25) is 0 Å². The topological polar surface area (TPSA) is 83.9 Å². The number of methoxy groups -OCH3 is 1. The Morgan fingerprint density at radius 3 is 2.62 bits per heavy atom. The Morgan fingerprint density at radius 1 is 1.33 bits per heavy atom. The third kappa shape index (κ3) is 2.33. The van der Waals surface area contributed by atoms with E-state index < -0.39 is 21.4 Å². The van der Waals surface area contributed by atoms with Gasteiger partial charge in [-0.05, 0) is 55.9 Å². The van der Waals surface area contributed by atoms with Crippen LogP contribution in [0.3, 0.4) is 0 Å². The molecule has 1 aliphatic heterocycles. The average Bonchev–Trinajstić information content (AvgIpc) is 3.08. The zero-order chi connectivity index (χ0) is 17.7. The molecule has 2 aliphatic rings. The van der Waals surface area contributed by atoms with Gasteiger partial charge in [-0.3, -0.25) is 4.79 Å². The van der Waals surface area contributed by atoms with Crippen molar-refractivity contribution in [2.45, 2.75) is 38.0 Å². The van der Waals surface area contributed by atoms with Crippen molar-refractivity contribution >= 4 is 16.0 Å². The Hall–Kier alpha value is -1.60. The van der Waals surface area contributed by atoms with Gasteiger partial charge >= 0.3 is 5.97 Å². The zero-order valence-corrected chi connectivity index (χ0v) is 15.0. The van der Waals surface area contributed by atoms with Crippen molar-refractivity contribution in [3.63, 3.8) is 0 Å². The van der Waals surface area contributed by atoms with Crippen molar-refractivity contribution in [2.24, 2.45) is 11.3 Å². The SMILES string of the molecule is COc1ccc(S(=O)(=O)N2C[C@@H]3CCC[C@@]3(C(=O)O)C2)c(C)c1C. The van der Waals surface area contributed by atoms with Gasteiger partial charge < -0.3 is 9.84 Å². The van der Waals surface area contributed by atoms with Crippen LogP contribution in [-0.2, 0) is 14.8 Å². The Morgan fingerprint density at radius 2 is 2.04 bits per heavy atom. The summed E-state index contributed by atoms with van der Waals surface area (Å²) in [5, 5.41) is 9.66. The molecule has 7 heteroatoms. The maximum atomic E-state index is 13.1. The molecule has 0 amide bonds. The summed E-state index contributed by atoms with van der Waals surface area (Å²) in [5.74, 6) is -0.318. The highest BCUT2D eigenvalue weighted by atomic mass is 32.2. The molecule has 0 radical (unpaired) electrons. The minimum absolute atomic E-state index is 0.0693. The zero-order valence-electron chi connectivity index (χ0n) is 14.2. The van der Waals surface area contributed by atoms with Gasteiger partial charge in [0, 0.05) is 13.1 Å². The quantitative estimate of drug-likeness (QED) is 0.897. The molecular formula is C17H23NO5S. The number of carbonyl (C=O) groups is 1. The lowest BCUT2D eigenvalue weighted by Gasteiger charge is -2.24. The fourth-order valence-corrected chi connectivity index (χ4v) is 6.02. The number of fused-ring (bicyclic) bond motifs is 1. The van der Waals surface area contributed by atoms with Gasteiger partial charge in [0.15, 0.2) is 0 Å². The van der Waals surface area contributed by atoms with E-state index in [1.165, 1.54) is 4.31 Å². The van der Waals surface area contributed by atoms with Gasteiger partial charge in [-0.2, -0.15) is 4.31 Å². The van der Waals surface area contributed by atoms with Crippen LogP contribution in [0.25, 0.3) is 0 Å².